The minimum Gasteiger partial charge on any atom is -0.480 e. The van der Waals surface area contributed by atoms with Gasteiger partial charge >= 0.3 is 5.97 Å². The number of carboxylic acids is 1. The quantitative estimate of drug-likeness (QED) is 0.235. The van der Waals surface area contributed by atoms with Crippen LogP contribution in [0.3, 0.4) is 0 Å². The van der Waals surface area contributed by atoms with Crippen molar-refractivity contribution in [2.24, 2.45) is 5.73 Å². The summed E-state index contributed by atoms with van der Waals surface area (Å²) in [5, 5.41) is 13.0. The third-order valence-corrected chi connectivity index (χ3v) is 6.82. The normalized spacial score (nSPS) is 16.4. The number of amides is 3. The van der Waals surface area contributed by atoms with Crippen LogP contribution in [-0.4, -0.2) is 55.4 Å². The van der Waals surface area contributed by atoms with Crippen LogP contribution in [0, 0.1) is 11.6 Å². The van der Waals surface area contributed by atoms with Gasteiger partial charge in [0.05, 0.1) is 17.6 Å². The maximum absolute atomic E-state index is 14.8. The molecule has 2 heterocycles. The molecule has 0 bridgehead atoms. The van der Waals surface area contributed by atoms with E-state index in [1.807, 2.05) is 0 Å². The van der Waals surface area contributed by atoms with E-state index < -0.39 is 58.3 Å². The number of hydrogen-bond acceptors (Lipinski definition) is 8. The van der Waals surface area contributed by atoms with E-state index in [2.05, 4.69) is 20.6 Å². The SMILES string of the molecule is NC(Cc1cnc[nH]1)C(=O)NC(Cc1ccc(Oc2ccc(CC3SC(=O)NC3=O)cc2)c(F)c1F)C(=O)O. The third-order valence-electron chi connectivity index (χ3n) is 5.84. The second-order valence-electron chi connectivity index (χ2n) is 8.68. The fourth-order valence-electron chi connectivity index (χ4n) is 3.80. The van der Waals surface area contributed by atoms with E-state index in [1.165, 1.54) is 30.7 Å². The van der Waals surface area contributed by atoms with Crippen LogP contribution in [0.25, 0.3) is 0 Å². The zero-order chi connectivity index (χ0) is 28.1. The van der Waals surface area contributed by atoms with Gasteiger partial charge in [0.1, 0.15) is 11.8 Å². The number of rotatable bonds is 11. The average Bonchev–Trinajstić information content (AvgIpc) is 3.52. The summed E-state index contributed by atoms with van der Waals surface area (Å²) in [4.78, 5) is 53.7. The second-order valence-corrected chi connectivity index (χ2v) is 9.85. The van der Waals surface area contributed by atoms with Crippen molar-refractivity contribution in [3.05, 3.63) is 77.4 Å². The summed E-state index contributed by atoms with van der Waals surface area (Å²) in [5.74, 6) is -5.50. The Kier molecular flexibility index (Phi) is 8.56. The third kappa shape index (κ3) is 6.97. The van der Waals surface area contributed by atoms with E-state index in [1.54, 1.807) is 12.1 Å². The lowest BCUT2D eigenvalue weighted by molar-refractivity contribution is -0.142. The maximum Gasteiger partial charge on any atom is 0.326 e. The Labute approximate surface area is 224 Å². The Hall–Kier alpha value is -4.30. The zero-order valence-corrected chi connectivity index (χ0v) is 21.0. The number of carbonyl (C=O) groups is 4. The van der Waals surface area contributed by atoms with Crippen LogP contribution in [0.4, 0.5) is 13.6 Å². The monoisotopic (exact) mass is 559 g/mol. The van der Waals surface area contributed by atoms with Crippen molar-refractivity contribution in [3.8, 4) is 11.5 Å². The number of nitrogens with one attached hydrogen (secondary N) is 3. The molecule has 0 spiro atoms. The summed E-state index contributed by atoms with van der Waals surface area (Å²) in [5.41, 5.74) is 6.84. The second kappa shape index (κ2) is 12.0. The highest BCUT2D eigenvalue weighted by Crippen LogP contribution is 2.29. The van der Waals surface area contributed by atoms with Gasteiger partial charge in [-0.25, -0.2) is 14.2 Å². The number of imidazole rings is 1. The van der Waals surface area contributed by atoms with Gasteiger partial charge < -0.3 is 25.9 Å². The van der Waals surface area contributed by atoms with Crippen molar-refractivity contribution >= 4 is 34.8 Å². The molecular weight excluding hydrogens is 536 g/mol. The lowest BCUT2D eigenvalue weighted by Crippen LogP contribution is -2.50. The number of aromatic nitrogens is 2. The van der Waals surface area contributed by atoms with E-state index in [0.717, 1.165) is 23.4 Å². The van der Waals surface area contributed by atoms with Crippen LogP contribution >= 0.6 is 11.8 Å². The van der Waals surface area contributed by atoms with E-state index in [0.29, 0.717) is 12.1 Å². The molecule has 3 aromatic rings. The van der Waals surface area contributed by atoms with Crippen LogP contribution in [0.5, 0.6) is 11.5 Å². The molecule has 6 N–H and O–H groups in total. The van der Waals surface area contributed by atoms with E-state index in [4.69, 9.17) is 10.5 Å². The number of thioether (sulfide) groups is 1. The summed E-state index contributed by atoms with van der Waals surface area (Å²) in [6.45, 7) is 0. The topological polar surface area (TPSA) is 176 Å². The number of ether oxygens (including phenoxy) is 1. The molecule has 1 aliphatic heterocycles. The first kappa shape index (κ1) is 27.7. The van der Waals surface area contributed by atoms with Crippen molar-refractivity contribution in [3.63, 3.8) is 0 Å². The highest BCUT2D eigenvalue weighted by Gasteiger charge is 2.31. The minimum absolute atomic E-state index is 0.0722. The molecule has 1 aromatic heterocycles. The van der Waals surface area contributed by atoms with Crippen LogP contribution in [0.1, 0.15) is 16.8 Å². The number of nitrogens with two attached hydrogens (primary N) is 1. The Morgan fingerprint density at radius 3 is 2.49 bits per heavy atom. The van der Waals surface area contributed by atoms with E-state index in [9.17, 15) is 33.1 Å². The number of imide groups is 1. The van der Waals surface area contributed by atoms with Gasteiger partial charge in [0.2, 0.25) is 17.6 Å². The summed E-state index contributed by atoms with van der Waals surface area (Å²) in [6, 6.07) is 5.93. The van der Waals surface area contributed by atoms with Crippen molar-refractivity contribution in [2.75, 3.05) is 0 Å². The van der Waals surface area contributed by atoms with Gasteiger partial charge in [-0.05, 0) is 35.7 Å². The van der Waals surface area contributed by atoms with Crippen molar-refractivity contribution in [2.45, 2.75) is 36.6 Å². The molecule has 3 amide bonds. The van der Waals surface area contributed by atoms with Gasteiger partial charge in [-0.2, -0.15) is 4.39 Å². The smallest absolute Gasteiger partial charge is 0.326 e. The molecule has 3 unspecified atom stereocenters. The molecule has 0 radical (unpaired) electrons. The summed E-state index contributed by atoms with van der Waals surface area (Å²) < 4.78 is 35.1. The number of carbonyl (C=O) groups excluding carboxylic acids is 3. The molecule has 4 rings (SSSR count). The number of hydrogen-bond donors (Lipinski definition) is 5. The molecule has 1 aliphatic rings. The van der Waals surface area contributed by atoms with Gasteiger partial charge in [0.15, 0.2) is 11.6 Å². The molecule has 1 saturated heterocycles. The minimum atomic E-state index is -1.56. The fourth-order valence-corrected chi connectivity index (χ4v) is 4.65. The molecule has 1 fully saturated rings. The van der Waals surface area contributed by atoms with Crippen molar-refractivity contribution in [1.29, 1.82) is 0 Å². The van der Waals surface area contributed by atoms with Gasteiger partial charge in [0.25, 0.3) is 5.24 Å². The maximum atomic E-state index is 14.8. The number of halogens is 2. The number of aromatic amines is 1. The molecular formula is C25H23F2N5O6S. The van der Waals surface area contributed by atoms with E-state index >= 15 is 0 Å². The highest BCUT2D eigenvalue weighted by atomic mass is 32.2. The lowest BCUT2D eigenvalue weighted by Gasteiger charge is -2.18. The molecule has 39 heavy (non-hydrogen) atoms. The summed E-state index contributed by atoms with van der Waals surface area (Å²) in [7, 11) is 0. The van der Waals surface area contributed by atoms with Gasteiger partial charge in [-0.15, -0.1) is 0 Å². The lowest BCUT2D eigenvalue weighted by atomic mass is 10.0. The fraction of sp³-hybridized carbons (Fsp3) is 0.240. The number of nitrogens with zero attached hydrogens (tertiary/aromatic N) is 1. The number of aliphatic carboxylic acids is 1. The van der Waals surface area contributed by atoms with Crippen molar-refractivity contribution < 1.29 is 37.8 Å². The van der Waals surface area contributed by atoms with Crippen LogP contribution < -0.4 is 21.1 Å². The molecule has 3 atom stereocenters. The predicted molar refractivity (Wildman–Crippen MR) is 135 cm³/mol. The molecule has 0 aliphatic carbocycles. The Balaban J connectivity index is 1.39. The molecule has 14 heteroatoms. The Bertz CT molecular complexity index is 1390. The predicted octanol–water partition coefficient (Wildman–Crippen LogP) is 2.06. The summed E-state index contributed by atoms with van der Waals surface area (Å²) >= 11 is 0.899. The summed E-state index contributed by atoms with van der Waals surface area (Å²) in [6.07, 6.45) is 2.71. The zero-order valence-electron chi connectivity index (χ0n) is 20.1. The van der Waals surface area contributed by atoms with Crippen molar-refractivity contribution in [1.82, 2.24) is 20.6 Å². The number of benzene rings is 2. The van der Waals surface area contributed by atoms with Gasteiger partial charge in [-0.3, -0.25) is 19.7 Å². The number of carboxylic acid groups (broad SMARTS) is 1. The molecule has 2 aromatic carbocycles. The Morgan fingerprint density at radius 1 is 1.13 bits per heavy atom. The van der Waals surface area contributed by atoms with Gasteiger partial charge in [-0.1, -0.05) is 30.0 Å². The first-order chi connectivity index (χ1) is 18.6. The standard InChI is InChI=1S/C25H23F2N5O6S/c26-20-13(8-17(24(35)36)31-22(33)16(28)9-14-10-29-11-30-14)3-6-18(21(20)27)38-15-4-1-12(2-5-15)7-19-23(34)32-25(37)39-19/h1-6,10-11,16-17,19H,7-9,28H2,(H,29,30)(H,31,33)(H,35,36)(H,32,34,37). The van der Waals surface area contributed by atoms with Crippen LogP contribution in [-0.2, 0) is 33.6 Å². The van der Waals surface area contributed by atoms with Gasteiger partial charge in [0, 0.05) is 24.7 Å². The van der Waals surface area contributed by atoms with Crippen LogP contribution in [0.15, 0.2) is 48.9 Å². The molecule has 11 nitrogen and oxygen atoms in total. The van der Waals surface area contributed by atoms with Crippen LogP contribution in [0.2, 0.25) is 0 Å². The number of H-pyrrole nitrogens is 1. The highest BCUT2D eigenvalue weighted by molar-refractivity contribution is 8.15. The Morgan fingerprint density at radius 2 is 1.87 bits per heavy atom. The first-order valence-corrected chi connectivity index (χ1v) is 12.5. The van der Waals surface area contributed by atoms with E-state index in [-0.39, 0.29) is 23.6 Å². The molecule has 204 valence electrons. The largest absolute Gasteiger partial charge is 0.480 e. The molecule has 0 saturated carbocycles. The average molecular weight is 560 g/mol. The first-order valence-electron chi connectivity index (χ1n) is 11.6.